The number of rotatable bonds is 3. The quantitative estimate of drug-likeness (QED) is 0.810. The van der Waals surface area contributed by atoms with E-state index in [9.17, 15) is 4.79 Å². The highest BCUT2D eigenvalue weighted by Gasteiger charge is 2.39. The molecule has 0 spiro atoms. The number of nitrogens with one attached hydrogen (secondary N) is 1. The van der Waals surface area contributed by atoms with Crippen LogP contribution in [0.4, 0.5) is 0 Å². The number of benzene rings is 1. The van der Waals surface area contributed by atoms with E-state index in [0.29, 0.717) is 6.04 Å². The first-order chi connectivity index (χ1) is 8.81. The SMILES string of the molecule is O=C(/C=C/c1ccccc1)N[C@@H]1C[C@H]2CC[C@@H]1C2. The van der Waals surface area contributed by atoms with Gasteiger partial charge in [-0.3, -0.25) is 4.79 Å². The van der Waals surface area contributed by atoms with Crippen LogP contribution in [0, 0.1) is 11.8 Å². The lowest BCUT2D eigenvalue weighted by atomic mass is 9.95. The van der Waals surface area contributed by atoms with Crippen molar-refractivity contribution in [1.82, 2.24) is 5.32 Å². The van der Waals surface area contributed by atoms with Crippen LogP contribution in [0.25, 0.3) is 6.08 Å². The van der Waals surface area contributed by atoms with Crippen LogP contribution in [0.15, 0.2) is 36.4 Å². The van der Waals surface area contributed by atoms with Crippen molar-refractivity contribution in [2.45, 2.75) is 31.7 Å². The molecule has 0 heterocycles. The molecule has 3 atom stereocenters. The van der Waals surface area contributed by atoms with E-state index in [1.165, 1.54) is 25.7 Å². The molecule has 0 aromatic heterocycles. The number of fused-ring (bicyclic) bond motifs is 2. The fraction of sp³-hybridized carbons (Fsp3) is 0.438. The zero-order chi connectivity index (χ0) is 12.4. The first-order valence-corrected chi connectivity index (χ1v) is 6.85. The average molecular weight is 241 g/mol. The Morgan fingerprint density at radius 1 is 1.17 bits per heavy atom. The first-order valence-electron chi connectivity index (χ1n) is 6.85. The lowest BCUT2D eigenvalue weighted by Gasteiger charge is -2.22. The van der Waals surface area contributed by atoms with E-state index in [4.69, 9.17) is 0 Å². The second-order valence-electron chi connectivity index (χ2n) is 5.53. The molecule has 94 valence electrons. The van der Waals surface area contributed by atoms with Gasteiger partial charge in [0.05, 0.1) is 0 Å². The molecule has 2 saturated carbocycles. The molecule has 2 bridgehead atoms. The van der Waals surface area contributed by atoms with Crippen LogP contribution in [0.5, 0.6) is 0 Å². The molecule has 1 aromatic carbocycles. The number of hydrogen-bond donors (Lipinski definition) is 1. The Morgan fingerprint density at radius 2 is 2.00 bits per heavy atom. The molecule has 2 nitrogen and oxygen atoms in total. The van der Waals surface area contributed by atoms with E-state index in [1.807, 2.05) is 36.4 Å². The summed E-state index contributed by atoms with van der Waals surface area (Å²) in [4.78, 5) is 11.9. The smallest absolute Gasteiger partial charge is 0.244 e. The molecule has 1 aromatic rings. The zero-order valence-corrected chi connectivity index (χ0v) is 10.5. The number of carbonyl (C=O) groups is 1. The van der Waals surface area contributed by atoms with Crippen molar-refractivity contribution in [3.63, 3.8) is 0 Å². The second kappa shape index (κ2) is 4.97. The molecule has 18 heavy (non-hydrogen) atoms. The highest BCUT2D eigenvalue weighted by Crippen LogP contribution is 2.44. The lowest BCUT2D eigenvalue weighted by molar-refractivity contribution is -0.117. The first kappa shape index (κ1) is 11.5. The Hall–Kier alpha value is -1.57. The normalized spacial score (nSPS) is 29.9. The summed E-state index contributed by atoms with van der Waals surface area (Å²) in [6.07, 6.45) is 8.72. The van der Waals surface area contributed by atoms with E-state index in [2.05, 4.69) is 5.32 Å². The molecule has 2 aliphatic carbocycles. The van der Waals surface area contributed by atoms with E-state index >= 15 is 0 Å². The summed E-state index contributed by atoms with van der Waals surface area (Å²) >= 11 is 0. The Balaban J connectivity index is 1.55. The molecule has 2 heteroatoms. The van der Waals surface area contributed by atoms with Crippen molar-refractivity contribution in [2.75, 3.05) is 0 Å². The number of amides is 1. The van der Waals surface area contributed by atoms with Gasteiger partial charge in [-0.15, -0.1) is 0 Å². The molecular weight excluding hydrogens is 222 g/mol. The van der Waals surface area contributed by atoms with E-state index in [0.717, 1.165) is 17.4 Å². The maximum Gasteiger partial charge on any atom is 0.244 e. The van der Waals surface area contributed by atoms with Crippen LogP contribution in [-0.2, 0) is 4.79 Å². The van der Waals surface area contributed by atoms with Gasteiger partial charge in [-0.1, -0.05) is 36.8 Å². The summed E-state index contributed by atoms with van der Waals surface area (Å²) in [6, 6.07) is 10.4. The third kappa shape index (κ3) is 2.47. The van der Waals surface area contributed by atoms with Crippen LogP contribution in [0.2, 0.25) is 0 Å². The minimum absolute atomic E-state index is 0.0522. The molecule has 0 saturated heterocycles. The van der Waals surface area contributed by atoms with Crippen molar-refractivity contribution >= 4 is 12.0 Å². The van der Waals surface area contributed by atoms with Crippen LogP contribution >= 0.6 is 0 Å². The van der Waals surface area contributed by atoms with Crippen LogP contribution in [-0.4, -0.2) is 11.9 Å². The standard InChI is InChI=1S/C16H19NO/c18-16(9-7-12-4-2-1-3-5-12)17-15-11-13-6-8-14(15)10-13/h1-5,7,9,13-15H,6,8,10-11H2,(H,17,18)/b9-7+/t13-,14+,15+/m0/s1. The van der Waals surface area contributed by atoms with Gasteiger partial charge in [-0.25, -0.2) is 0 Å². The van der Waals surface area contributed by atoms with Gasteiger partial charge >= 0.3 is 0 Å². The van der Waals surface area contributed by atoms with Crippen LogP contribution in [0.3, 0.4) is 0 Å². The van der Waals surface area contributed by atoms with Crippen LogP contribution < -0.4 is 5.32 Å². The summed E-state index contributed by atoms with van der Waals surface area (Å²) < 4.78 is 0. The highest BCUT2D eigenvalue weighted by molar-refractivity contribution is 5.91. The Kier molecular flexibility index (Phi) is 3.18. The third-order valence-corrected chi connectivity index (χ3v) is 4.29. The molecule has 0 aliphatic heterocycles. The summed E-state index contributed by atoms with van der Waals surface area (Å²) in [6.45, 7) is 0. The third-order valence-electron chi connectivity index (χ3n) is 4.29. The van der Waals surface area contributed by atoms with E-state index in [-0.39, 0.29) is 5.91 Å². The Morgan fingerprint density at radius 3 is 2.67 bits per heavy atom. The summed E-state index contributed by atoms with van der Waals surface area (Å²) in [5.41, 5.74) is 1.07. The minimum atomic E-state index is 0.0522. The molecule has 0 radical (unpaired) electrons. The second-order valence-corrected chi connectivity index (χ2v) is 5.53. The molecule has 2 fully saturated rings. The average Bonchev–Trinajstić information content (AvgIpc) is 3.00. The van der Waals surface area contributed by atoms with Gasteiger partial charge in [0, 0.05) is 12.1 Å². The van der Waals surface area contributed by atoms with Gasteiger partial charge in [-0.2, -0.15) is 0 Å². The molecule has 1 amide bonds. The molecular formula is C16H19NO. The van der Waals surface area contributed by atoms with Gasteiger partial charge < -0.3 is 5.32 Å². The number of hydrogen-bond acceptors (Lipinski definition) is 1. The minimum Gasteiger partial charge on any atom is -0.350 e. The predicted molar refractivity (Wildman–Crippen MR) is 72.9 cm³/mol. The maximum atomic E-state index is 11.9. The zero-order valence-electron chi connectivity index (χ0n) is 10.5. The Labute approximate surface area is 108 Å². The van der Waals surface area contributed by atoms with Gasteiger partial charge in [-0.05, 0) is 42.7 Å². The highest BCUT2D eigenvalue weighted by atomic mass is 16.1. The number of carbonyl (C=O) groups excluding carboxylic acids is 1. The molecule has 1 N–H and O–H groups in total. The largest absolute Gasteiger partial charge is 0.350 e. The van der Waals surface area contributed by atoms with E-state index < -0.39 is 0 Å². The van der Waals surface area contributed by atoms with Crippen molar-refractivity contribution in [3.05, 3.63) is 42.0 Å². The summed E-state index contributed by atoms with van der Waals surface area (Å²) in [7, 11) is 0. The molecule has 0 unspecified atom stereocenters. The van der Waals surface area contributed by atoms with Crippen molar-refractivity contribution < 1.29 is 4.79 Å². The van der Waals surface area contributed by atoms with Crippen molar-refractivity contribution in [2.24, 2.45) is 11.8 Å². The van der Waals surface area contributed by atoms with Crippen molar-refractivity contribution in [1.29, 1.82) is 0 Å². The lowest BCUT2D eigenvalue weighted by Crippen LogP contribution is -2.37. The van der Waals surface area contributed by atoms with E-state index in [1.54, 1.807) is 6.08 Å². The van der Waals surface area contributed by atoms with Gasteiger partial charge in [0.25, 0.3) is 0 Å². The predicted octanol–water partition coefficient (Wildman–Crippen LogP) is 3.00. The van der Waals surface area contributed by atoms with Crippen molar-refractivity contribution in [3.8, 4) is 0 Å². The van der Waals surface area contributed by atoms with Gasteiger partial charge in [0.15, 0.2) is 0 Å². The maximum absolute atomic E-state index is 11.9. The monoisotopic (exact) mass is 241 g/mol. The van der Waals surface area contributed by atoms with Crippen LogP contribution in [0.1, 0.15) is 31.2 Å². The van der Waals surface area contributed by atoms with Gasteiger partial charge in [0.1, 0.15) is 0 Å². The Bertz CT molecular complexity index is 451. The fourth-order valence-electron chi connectivity index (χ4n) is 3.39. The molecule has 2 aliphatic rings. The fourth-order valence-corrected chi connectivity index (χ4v) is 3.39. The summed E-state index contributed by atoms with van der Waals surface area (Å²) in [5, 5.41) is 3.15. The molecule has 3 rings (SSSR count). The van der Waals surface area contributed by atoms with Gasteiger partial charge in [0.2, 0.25) is 5.91 Å². The topological polar surface area (TPSA) is 29.1 Å². The summed E-state index contributed by atoms with van der Waals surface area (Å²) in [5.74, 6) is 1.67.